The molecule has 6 heteroatoms. The van der Waals surface area contributed by atoms with Crippen LogP contribution in [0.5, 0.6) is 5.75 Å². The number of para-hydroxylation sites is 1. The smallest absolute Gasteiger partial charge is 0.325 e. The Morgan fingerprint density at radius 3 is 2.41 bits per heavy atom. The lowest BCUT2D eigenvalue weighted by molar-refractivity contribution is 0.262. The Kier molecular flexibility index (Phi) is 4.98. The van der Waals surface area contributed by atoms with E-state index in [1.165, 1.54) is 11.3 Å². The number of rotatable bonds is 5. The molecule has 0 saturated heterocycles. The van der Waals surface area contributed by atoms with E-state index >= 15 is 0 Å². The molecule has 1 aromatic heterocycles. The highest BCUT2D eigenvalue weighted by molar-refractivity contribution is 7.22. The van der Waals surface area contributed by atoms with Crippen molar-refractivity contribution in [3.8, 4) is 5.75 Å². The van der Waals surface area contributed by atoms with Crippen molar-refractivity contribution in [1.82, 2.24) is 4.98 Å². The molecule has 0 aliphatic heterocycles. The van der Waals surface area contributed by atoms with E-state index < -0.39 is 0 Å². The maximum absolute atomic E-state index is 12.2. The fourth-order valence-corrected chi connectivity index (χ4v) is 3.42. The number of aromatic nitrogens is 1. The second-order valence-corrected chi connectivity index (χ2v) is 6.90. The van der Waals surface area contributed by atoms with Gasteiger partial charge in [0.2, 0.25) is 0 Å². The van der Waals surface area contributed by atoms with Crippen LogP contribution in [0.15, 0.2) is 78.9 Å². The quantitative estimate of drug-likeness (QED) is 0.483. The van der Waals surface area contributed by atoms with Gasteiger partial charge in [-0.2, -0.15) is 0 Å². The number of carbonyl (C=O) groups is 1. The van der Waals surface area contributed by atoms with Crippen LogP contribution in [0.1, 0.15) is 5.56 Å². The molecule has 0 spiro atoms. The molecule has 27 heavy (non-hydrogen) atoms. The predicted octanol–water partition coefficient (Wildman–Crippen LogP) is 5.52. The predicted molar refractivity (Wildman–Crippen MR) is 109 cm³/mol. The fourth-order valence-electron chi connectivity index (χ4n) is 2.56. The lowest BCUT2D eigenvalue weighted by Gasteiger charge is -2.08. The van der Waals surface area contributed by atoms with Crippen LogP contribution in [0.4, 0.5) is 15.6 Å². The zero-order chi connectivity index (χ0) is 18.5. The normalized spacial score (nSPS) is 10.5. The van der Waals surface area contributed by atoms with Gasteiger partial charge in [0.05, 0.1) is 10.2 Å². The molecule has 0 atom stereocenters. The van der Waals surface area contributed by atoms with Crippen LogP contribution >= 0.6 is 11.3 Å². The van der Waals surface area contributed by atoms with Crippen LogP contribution in [0, 0.1) is 0 Å². The second kappa shape index (κ2) is 7.88. The maximum atomic E-state index is 12.2. The highest BCUT2D eigenvalue weighted by atomic mass is 32.1. The Morgan fingerprint density at radius 2 is 1.63 bits per heavy atom. The number of ether oxygens (including phenoxy) is 1. The summed E-state index contributed by atoms with van der Waals surface area (Å²) in [6.07, 6.45) is 0. The van der Waals surface area contributed by atoms with Gasteiger partial charge in [0.1, 0.15) is 12.4 Å². The number of nitrogens with one attached hydrogen (secondary N) is 2. The third kappa shape index (κ3) is 4.43. The SMILES string of the molecule is O=C(Nc1ccc(OCc2ccccc2)cc1)Nc1nc2ccccc2s1. The Labute approximate surface area is 160 Å². The number of carbonyl (C=O) groups excluding carboxylic acids is 1. The highest BCUT2D eigenvalue weighted by Gasteiger charge is 2.07. The Balaban J connectivity index is 1.32. The standard InChI is InChI=1S/C21H17N3O2S/c25-20(24-21-23-18-8-4-5-9-19(18)27-21)22-16-10-12-17(13-11-16)26-14-15-6-2-1-3-7-15/h1-13H,14H2,(H2,22,23,24,25). The van der Waals surface area contributed by atoms with E-state index in [1.54, 1.807) is 12.1 Å². The maximum Gasteiger partial charge on any atom is 0.325 e. The average Bonchev–Trinajstić information content (AvgIpc) is 3.10. The molecule has 0 aliphatic carbocycles. The molecule has 0 unspecified atom stereocenters. The molecule has 3 aromatic carbocycles. The summed E-state index contributed by atoms with van der Waals surface area (Å²) in [4.78, 5) is 16.6. The lowest BCUT2D eigenvalue weighted by Crippen LogP contribution is -2.19. The largest absolute Gasteiger partial charge is 0.489 e. The molecule has 1 heterocycles. The van der Waals surface area contributed by atoms with Crippen molar-refractivity contribution < 1.29 is 9.53 Å². The molecule has 0 aliphatic rings. The Morgan fingerprint density at radius 1 is 0.889 bits per heavy atom. The first-order valence-electron chi connectivity index (χ1n) is 8.47. The lowest BCUT2D eigenvalue weighted by atomic mass is 10.2. The number of anilines is 2. The van der Waals surface area contributed by atoms with Crippen molar-refractivity contribution >= 4 is 38.4 Å². The van der Waals surface area contributed by atoms with Crippen LogP contribution in [-0.4, -0.2) is 11.0 Å². The number of fused-ring (bicyclic) bond motifs is 1. The first-order valence-corrected chi connectivity index (χ1v) is 9.28. The minimum atomic E-state index is -0.327. The second-order valence-electron chi connectivity index (χ2n) is 5.86. The van der Waals surface area contributed by atoms with Gasteiger partial charge >= 0.3 is 6.03 Å². The third-order valence-corrected chi connectivity index (χ3v) is 4.83. The van der Waals surface area contributed by atoms with Gasteiger partial charge in [-0.3, -0.25) is 5.32 Å². The molecule has 0 bridgehead atoms. The van der Waals surface area contributed by atoms with Crippen LogP contribution < -0.4 is 15.4 Å². The van der Waals surface area contributed by atoms with Crippen molar-refractivity contribution in [2.45, 2.75) is 6.61 Å². The summed E-state index contributed by atoms with van der Waals surface area (Å²) in [5.41, 5.74) is 2.66. The summed E-state index contributed by atoms with van der Waals surface area (Å²) in [6, 6.07) is 24.7. The summed E-state index contributed by atoms with van der Waals surface area (Å²) in [7, 11) is 0. The monoisotopic (exact) mass is 375 g/mol. The van der Waals surface area contributed by atoms with Gasteiger partial charge in [-0.05, 0) is 42.0 Å². The van der Waals surface area contributed by atoms with Gasteiger partial charge in [-0.1, -0.05) is 53.8 Å². The Hall–Kier alpha value is -3.38. The first kappa shape index (κ1) is 17.1. The average molecular weight is 375 g/mol. The van der Waals surface area contributed by atoms with Crippen LogP contribution in [0.25, 0.3) is 10.2 Å². The minimum Gasteiger partial charge on any atom is -0.489 e. The Bertz CT molecular complexity index is 1010. The van der Waals surface area contributed by atoms with Gasteiger partial charge in [0.15, 0.2) is 5.13 Å². The molecule has 134 valence electrons. The molecule has 0 saturated carbocycles. The highest BCUT2D eigenvalue weighted by Crippen LogP contribution is 2.25. The number of urea groups is 1. The van der Waals surface area contributed by atoms with E-state index in [9.17, 15) is 4.79 Å². The van der Waals surface area contributed by atoms with Crippen LogP contribution in [0.2, 0.25) is 0 Å². The topological polar surface area (TPSA) is 63.2 Å². The molecule has 5 nitrogen and oxygen atoms in total. The van der Waals surface area contributed by atoms with Gasteiger partial charge in [-0.15, -0.1) is 0 Å². The summed E-state index contributed by atoms with van der Waals surface area (Å²) in [5, 5.41) is 6.13. The van der Waals surface area contributed by atoms with Gasteiger partial charge in [-0.25, -0.2) is 9.78 Å². The van der Waals surface area contributed by atoms with E-state index in [0.29, 0.717) is 17.4 Å². The molecule has 4 rings (SSSR count). The van der Waals surface area contributed by atoms with E-state index in [1.807, 2.05) is 66.7 Å². The third-order valence-electron chi connectivity index (χ3n) is 3.87. The van der Waals surface area contributed by atoms with Crippen molar-refractivity contribution in [3.05, 3.63) is 84.4 Å². The van der Waals surface area contributed by atoms with E-state index in [0.717, 1.165) is 21.5 Å². The fraction of sp³-hybridized carbons (Fsp3) is 0.0476. The number of benzene rings is 3. The van der Waals surface area contributed by atoms with Crippen molar-refractivity contribution in [2.24, 2.45) is 0 Å². The zero-order valence-electron chi connectivity index (χ0n) is 14.4. The number of amides is 2. The number of hydrogen-bond donors (Lipinski definition) is 2. The number of nitrogens with zero attached hydrogens (tertiary/aromatic N) is 1. The summed E-state index contributed by atoms with van der Waals surface area (Å²) in [5.74, 6) is 0.746. The van der Waals surface area contributed by atoms with E-state index in [-0.39, 0.29) is 6.03 Å². The molecular weight excluding hydrogens is 358 g/mol. The van der Waals surface area contributed by atoms with Crippen LogP contribution in [-0.2, 0) is 6.61 Å². The number of hydrogen-bond acceptors (Lipinski definition) is 4. The van der Waals surface area contributed by atoms with Gasteiger partial charge in [0, 0.05) is 5.69 Å². The molecule has 2 amide bonds. The van der Waals surface area contributed by atoms with E-state index in [2.05, 4.69) is 15.6 Å². The molecule has 2 N–H and O–H groups in total. The minimum absolute atomic E-state index is 0.327. The van der Waals surface area contributed by atoms with E-state index in [4.69, 9.17) is 4.74 Å². The number of thiazole rings is 1. The van der Waals surface area contributed by atoms with Crippen molar-refractivity contribution in [3.63, 3.8) is 0 Å². The van der Waals surface area contributed by atoms with Gasteiger partial charge in [0.25, 0.3) is 0 Å². The molecule has 0 radical (unpaired) electrons. The molecule has 0 fully saturated rings. The zero-order valence-corrected chi connectivity index (χ0v) is 15.2. The first-order chi connectivity index (χ1) is 13.3. The molecule has 4 aromatic rings. The summed E-state index contributed by atoms with van der Waals surface area (Å²) >= 11 is 1.44. The summed E-state index contributed by atoms with van der Waals surface area (Å²) < 4.78 is 6.78. The van der Waals surface area contributed by atoms with Crippen molar-refractivity contribution in [1.29, 1.82) is 0 Å². The van der Waals surface area contributed by atoms with Crippen molar-refractivity contribution in [2.75, 3.05) is 10.6 Å². The summed E-state index contributed by atoms with van der Waals surface area (Å²) in [6.45, 7) is 0.506. The molecular formula is C21H17N3O2S. The van der Waals surface area contributed by atoms with Gasteiger partial charge < -0.3 is 10.1 Å². The van der Waals surface area contributed by atoms with Crippen LogP contribution in [0.3, 0.4) is 0 Å².